The summed E-state index contributed by atoms with van der Waals surface area (Å²) in [5, 5.41) is 9.43. The molecule has 3 atom stereocenters. The lowest BCUT2D eigenvalue weighted by atomic mass is 10.0. The minimum absolute atomic E-state index is 0.0363. The summed E-state index contributed by atoms with van der Waals surface area (Å²) in [6.07, 6.45) is 2.15. The number of morpholine rings is 1. The molecule has 0 spiro atoms. The van der Waals surface area contributed by atoms with Gasteiger partial charge in [-0.3, -0.25) is 14.5 Å². The number of aromatic nitrogens is 2. The maximum Gasteiger partial charge on any atom is 0.264 e. The second kappa shape index (κ2) is 7.44. The topological polar surface area (TPSA) is 87.3 Å². The van der Waals surface area contributed by atoms with E-state index in [0.29, 0.717) is 30.9 Å². The van der Waals surface area contributed by atoms with E-state index in [2.05, 4.69) is 34.3 Å². The Balaban J connectivity index is 1.44. The SMILES string of the molecule is CC(C)[C@H]1CN2C[C@@H](NC(=O)CCc3ccc(=O)[nH]n3)C[C@H]2CO1. The molecule has 2 aliphatic rings. The van der Waals surface area contributed by atoms with Gasteiger partial charge in [-0.1, -0.05) is 13.8 Å². The number of nitrogens with zero attached hydrogens (tertiary/aromatic N) is 2. The number of amides is 1. The van der Waals surface area contributed by atoms with Crippen LogP contribution >= 0.6 is 0 Å². The number of aromatic amines is 1. The summed E-state index contributed by atoms with van der Waals surface area (Å²) in [5.41, 5.74) is 0.495. The van der Waals surface area contributed by atoms with Crippen molar-refractivity contribution in [3.05, 3.63) is 28.2 Å². The van der Waals surface area contributed by atoms with Gasteiger partial charge in [0.1, 0.15) is 0 Å². The Morgan fingerprint density at radius 2 is 2.29 bits per heavy atom. The molecule has 3 heterocycles. The molecule has 24 heavy (non-hydrogen) atoms. The number of carbonyl (C=O) groups is 1. The fraction of sp³-hybridized carbons (Fsp3) is 0.706. The van der Waals surface area contributed by atoms with Gasteiger partial charge in [0.2, 0.25) is 5.91 Å². The maximum atomic E-state index is 12.2. The van der Waals surface area contributed by atoms with Crippen molar-refractivity contribution in [3.63, 3.8) is 0 Å². The molecule has 2 aliphatic heterocycles. The third-order valence-corrected chi connectivity index (χ3v) is 4.90. The average molecular weight is 334 g/mol. The van der Waals surface area contributed by atoms with Crippen LogP contribution in [0.25, 0.3) is 0 Å². The zero-order valence-electron chi connectivity index (χ0n) is 14.3. The predicted octanol–water partition coefficient (Wildman–Crippen LogP) is 0.316. The van der Waals surface area contributed by atoms with Gasteiger partial charge in [0.05, 0.1) is 18.4 Å². The molecule has 0 radical (unpaired) electrons. The number of carbonyl (C=O) groups excluding carboxylic acids is 1. The lowest BCUT2D eigenvalue weighted by Gasteiger charge is -2.36. The van der Waals surface area contributed by atoms with E-state index in [4.69, 9.17) is 4.74 Å². The number of fused-ring (bicyclic) bond motifs is 1. The smallest absolute Gasteiger partial charge is 0.264 e. The van der Waals surface area contributed by atoms with Crippen LogP contribution in [0.15, 0.2) is 16.9 Å². The zero-order chi connectivity index (χ0) is 17.1. The first kappa shape index (κ1) is 17.1. The minimum atomic E-state index is -0.229. The summed E-state index contributed by atoms with van der Waals surface area (Å²) in [5.74, 6) is 0.554. The van der Waals surface area contributed by atoms with E-state index < -0.39 is 0 Å². The van der Waals surface area contributed by atoms with Gasteiger partial charge >= 0.3 is 0 Å². The van der Waals surface area contributed by atoms with E-state index in [1.807, 2.05) is 0 Å². The molecule has 132 valence electrons. The van der Waals surface area contributed by atoms with Gasteiger partial charge in [-0.15, -0.1) is 0 Å². The van der Waals surface area contributed by atoms with Gasteiger partial charge in [0.15, 0.2) is 0 Å². The molecule has 0 unspecified atom stereocenters. The standard InChI is InChI=1S/C17H26N4O3/c1-11(2)15-9-21-8-13(7-14(21)10-24-15)18-16(22)5-3-12-4-6-17(23)20-19-12/h4,6,11,13-15H,3,5,7-10H2,1-2H3,(H,18,22)(H,20,23)/t13-,14-,15+/m0/s1. The van der Waals surface area contributed by atoms with Gasteiger partial charge < -0.3 is 10.1 Å². The lowest BCUT2D eigenvalue weighted by Crippen LogP contribution is -2.48. The van der Waals surface area contributed by atoms with E-state index in [0.717, 1.165) is 31.8 Å². The quantitative estimate of drug-likeness (QED) is 0.810. The highest BCUT2D eigenvalue weighted by Crippen LogP contribution is 2.25. The summed E-state index contributed by atoms with van der Waals surface area (Å²) >= 11 is 0. The molecule has 7 heteroatoms. The Morgan fingerprint density at radius 3 is 3.00 bits per heavy atom. The first-order chi connectivity index (χ1) is 11.5. The molecular formula is C17H26N4O3. The van der Waals surface area contributed by atoms with Crippen molar-refractivity contribution in [2.75, 3.05) is 19.7 Å². The van der Waals surface area contributed by atoms with Crippen LogP contribution in [0.3, 0.4) is 0 Å². The van der Waals surface area contributed by atoms with Crippen molar-refractivity contribution >= 4 is 5.91 Å². The number of aryl methyl sites for hydroxylation is 1. The number of hydrogen-bond acceptors (Lipinski definition) is 5. The van der Waals surface area contributed by atoms with E-state index in [1.54, 1.807) is 6.07 Å². The molecule has 0 aliphatic carbocycles. The van der Waals surface area contributed by atoms with Crippen LogP contribution in [0.5, 0.6) is 0 Å². The van der Waals surface area contributed by atoms with Gasteiger partial charge in [-0.05, 0) is 18.4 Å². The Labute approximate surface area is 141 Å². The molecule has 2 fully saturated rings. The van der Waals surface area contributed by atoms with E-state index in [1.165, 1.54) is 6.07 Å². The van der Waals surface area contributed by atoms with Crippen molar-refractivity contribution in [3.8, 4) is 0 Å². The molecular weight excluding hydrogens is 308 g/mol. The van der Waals surface area contributed by atoms with Gasteiger partial charge in [0, 0.05) is 44.1 Å². The van der Waals surface area contributed by atoms with Gasteiger partial charge in [-0.2, -0.15) is 5.10 Å². The van der Waals surface area contributed by atoms with E-state index >= 15 is 0 Å². The highest BCUT2D eigenvalue weighted by atomic mass is 16.5. The molecule has 0 saturated carbocycles. The summed E-state index contributed by atoms with van der Waals surface area (Å²) < 4.78 is 5.93. The van der Waals surface area contributed by atoms with Crippen LogP contribution in [-0.4, -0.2) is 58.9 Å². The van der Waals surface area contributed by atoms with Crippen molar-refractivity contribution in [1.29, 1.82) is 0 Å². The Hall–Kier alpha value is -1.73. The fourth-order valence-electron chi connectivity index (χ4n) is 3.46. The largest absolute Gasteiger partial charge is 0.375 e. The number of H-pyrrole nitrogens is 1. The van der Waals surface area contributed by atoms with E-state index in [-0.39, 0.29) is 17.5 Å². The normalized spacial score (nSPS) is 27.2. The highest BCUT2D eigenvalue weighted by molar-refractivity contribution is 5.76. The third kappa shape index (κ3) is 4.21. The predicted molar refractivity (Wildman–Crippen MR) is 89.7 cm³/mol. The maximum absolute atomic E-state index is 12.2. The molecule has 0 bridgehead atoms. The number of ether oxygens (including phenoxy) is 1. The number of rotatable bonds is 5. The van der Waals surface area contributed by atoms with Crippen molar-refractivity contribution in [2.45, 2.75) is 51.3 Å². The molecule has 1 aromatic heterocycles. The molecule has 2 N–H and O–H groups in total. The summed E-state index contributed by atoms with van der Waals surface area (Å²) in [4.78, 5) is 25.6. The average Bonchev–Trinajstić information content (AvgIpc) is 2.95. The van der Waals surface area contributed by atoms with Crippen LogP contribution in [0, 0.1) is 5.92 Å². The summed E-state index contributed by atoms with van der Waals surface area (Å²) in [6.45, 7) is 6.99. The molecule has 1 aromatic rings. The monoisotopic (exact) mass is 334 g/mol. The summed E-state index contributed by atoms with van der Waals surface area (Å²) in [7, 11) is 0. The second-order valence-corrected chi connectivity index (χ2v) is 7.14. The van der Waals surface area contributed by atoms with Crippen molar-refractivity contribution in [2.24, 2.45) is 5.92 Å². The Kier molecular flexibility index (Phi) is 5.30. The second-order valence-electron chi connectivity index (χ2n) is 7.14. The molecule has 0 aromatic carbocycles. The minimum Gasteiger partial charge on any atom is -0.375 e. The molecule has 3 rings (SSSR count). The first-order valence-electron chi connectivity index (χ1n) is 8.71. The highest BCUT2D eigenvalue weighted by Gasteiger charge is 2.38. The Bertz CT molecular complexity index is 610. The third-order valence-electron chi connectivity index (χ3n) is 4.90. The fourth-order valence-corrected chi connectivity index (χ4v) is 3.46. The van der Waals surface area contributed by atoms with Crippen LogP contribution in [0.4, 0.5) is 0 Å². The van der Waals surface area contributed by atoms with Crippen LogP contribution < -0.4 is 10.9 Å². The van der Waals surface area contributed by atoms with Gasteiger partial charge in [0.25, 0.3) is 5.56 Å². The zero-order valence-corrected chi connectivity index (χ0v) is 14.3. The van der Waals surface area contributed by atoms with Crippen LogP contribution in [0.1, 0.15) is 32.4 Å². The molecule has 2 saturated heterocycles. The number of nitrogens with one attached hydrogen (secondary N) is 2. The molecule has 7 nitrogen and oxygen atoms in total. The van der Waals surface area contributed by atoms with Crippen LogP contribution in [0.2, 0.25) is 0 Å². The number of hydrogen-bond donors (Lipinski definition) is 2. The van der Waals surface area contributed by atoms with Gasteiger partial charge in [-0.25, -0.2) is 5.10 Å². The molecule has 1 amide bonds. The van der Waals surface area contributed by atoms with Crippen molar-refractivity contribution < 1.29 is 9.53 Å². The summed E-state index contributed by atoms with van der Waals surface area (Å²) in [6, 6.07) is 3.71. The van der Waals surface area contributed by atoms with Crippen LogP contribution in [-0.2, 0) is 16.0 Å². The first-order valence-corrected chi connectivity index (χ1v) is 8.71. The van der Waals surface area contributed by atoms with Crippen molar-refractivity contribution in [1.82, 2.24) is 20.4 Å². The van der Waals surface area contributed by atoms with E-state index in [9.17, 15) is 9.59 Å². The Morgan fingerprint density at radius 1 is 1.46 bits per heavy atom. The lowest BCUT2D eigenvalue weighted by molar-refractivity contribution is -0.121.